The fourth-order valence-electron chi connectivity index (χ4n) is 2.03. The predicted molar refractivity (Wildman–Crippen MR) is 73.5 cm³/mol. The van der Waals surface area contributed by atoms with Gasteiger partial charge in [0.05, 0.1) is 5.69 Å². The first-order valence-electron chi connectivity index (χ1n) is 5.54. The van der Waals surface area contributed by atoms with Crippen LogP contribution in [-0.2, 0) is 10.5 Å². The van der Waals surface area contributed by atoms with Crippen LogP contribution >= 0.6 is 17.0 Å². The normalized spacial score (nSPS) is 15.9. The number of para-hydroxylation sites is 2. The van der Waals surface area contributed by atoms with Crippen molar-refractivity contribution >= 4 is 33.2 Å². The molecule has 0 amide bonds. The Balaban J connectivity index is 0.00000162. The van der Waals surface area contributed by atoms with E-state index in [0.29, 0.717) is 5.69 Å². The van der Waals surface area contributed by atoms with Gasteiger partial charge in [0.15, 0.2) is 5.75 Å². The van der Waals surface area contributed by atoms with Gasteiger partial charge in [-0.15, -0.1) is 17.0 Å². The molecule has 0 saturated carbocycles. The Kier molecular flexibility index (Phi) is 5.40. The van der Waals surface area contributed by atoms with Gasteiger partial charge in [-0.3, -0.25) is 0 Å². The van der Waals surface area contributed by atoms with E-state index in [1.165, 1.54) is 12.5 Å². The molecule has 1 aromatic rings. The maximum absolute atomic E-state index is 12.6. The highest BCUT2D eigenvalue weighted by Gasteiger charge is 2.18. The van der Waals surface area contributed by atoms with Gasteiger partial charge >= 0.3 is 10.5 Å². The summed E-state index contributed by atoms with van der Waals surface area (Å²) in [5, 5.41) is 0. The van der Waals surface area contributed by atoms with Crippen molar-refractivity contribution in [2.24, 2.45) is 0 Å². The minimum atomic E-state index is -4.97. The molecule has 102 valence electrons. The lowest BCUT2D eigenvalue weighted by Gasteiger charge is -2.29. The standard InChI is InChI=1S/C11H14FNO3S.BrH/c12-17(14,15)16-11-7-3-2-6-10(11)13-8-4-1-5-9-13;/h2-3,6-7H,1,4-5,8-9H2;1H. The molecule has 1 aliphatic heterocycles. The molecule has 4 nitrogen and oxygen atoms in total. The molecule has 1 aromatic carbocycles. The number of hydrogen-bond donors (Lipinski definition) is 0. The third-order valence-electron chi connectivity index (χ3n) is 2.75. The van der Waals surface area contributed by atoms with Gasteiger partial charge in [0, 0.05) is 13.1 Å². The second-order valence-corrected chi connectivity index (χ2v) is 4.94. The van der Waals surface area contributed by atoms with Crippen LogP contribution in [0.3, 0.4) is 0 Å². The van der Waals surface area contributed by atoms with Gasteiger partial charge in [-0.05, 0) is 31.4 Å². The largest absolute Gasteiger partial charge is 0.488 e. The van der Waals surface area contributed by atoms with Crippen LogP contribution in [0.4, 0.5) is 9.57 Å². The van der Waals surface area contributed by atoms with Crippen molar-refractivity contribution in [2.75, 3.05) is 18.0 Å². The summed E-state index contributed by atoms with van der Waals surface area (Å²) in [7, 11) is -4.97. The highest BCUT2D eigenvalue weighted by Crippen LogP contribution is 2.31. The van der Waals surface area contributed by atoms with Crippen molar-refractivity contribution in [3.05, 3.63) is 24.3 Å². The molecule has 0 aliphatic carbocycles. The van der Waals surface area contributed by atoms with E-state index in [1.807, 2.05) is 4.90 Å². The van der Waals surface area contributed by atoms with Gasteiger partial charge in [-0.2, -0.15) is 8.42 Å². The average Bonchev–Trinajstić information content (AvgIpc) is 2.29. The molecule has 18 heavy (non-hydrogen) atoms. The molecular formula is C11H15BrFNO3S. The number of benzene rings is 1. The zero-order valence-corrected chi connectivity index (χ0v) is 12.2. The van der Waals surface area contributed by atoms with Crippen molar-refractivity contribution in [1.82, 2.24) is 0 Å². The Morgan fingerprint density at radius 1 is 1.11 bits per heavy atom. The number of anilines is 1. The summed E-state index contributed by atoms with van der Waals surface area (Å²) in [5.41, 5.74) is 0.633. The molecular weight excluding hydrogens is 325 g/mol. The minimum absolute atomic E-state index is 0. The maximum Gasteiger partial charge on any atom is 0.488 e. The Morgan fingerprint density at radius 3 is 2.33 bits per heavy atom. The molecule has 1 fully saturated rings. The lowest BCUT2D eigenvalue weighted by Crippen LogP contribution is -2.29. The summed E-state index contributed by atoms with van der Waals surface area (Å²) in [4.78, 5) is 2.02. The van der Waals surface area contributed by atoms with Gasteiger partial charge in [-0.25, -0.2) is 0 Å². The van der Waals surface area contributed by atoms with Crippen molar-refractivity contribution in [2.45, 2.75) is 19.3 Å². The van der Waals surface area contributed by atoms with Crippen molar-refractivity contribution in [3.63, 3.8) is 0 Å². The Hall–Kier alpha value is -0.820. The average molecular weight is 340 g/mol. The van der Waals surface area contributed by atoms with Crippen molar-refractivity contribution in [1.29, 1.82) is 0 Å². The summed E-state index contributed by atoms with van der Waals surface area (Å²) in [6, 6.07) is 6.60. The van der Waals surface area contributed by atoms with Gasteiger partial charge < -0.3 is 9.08 Å². The highest BCUT2D eigenvalue weighted by molar-refractivity contribution is 8.93. The first-order chi connectivity index (χ1) is 8.06. The van der Waals surface area contributed by atoms with Crippen LogP contribution < -0.4 is 9.08 Å². The van der Waals surface area contributed by atoms with Crippen LogP contribution in [-0.4, -0.2) is 21.5 Å². The molecule has 2 rings (SSSR count). The topological polar surface area (TPSA) is 46.6 Å². The van der Waals surface area contributed by atoms with Crippen LogP contribution in [0.2, 0.25) is 0 Å². The van der Waals surface area contributed by atoms with Crippen LogP contribution in [0.1, 0.15) is 19.3 Å². The Bertz CT molecular complexity index is 489. The van der Waals surface area contributed by atoms with E-state index in [1.54, 1.807) is 18.2 Å². The van der Waals surface area contributed by atoms with E-state index in [2.05, 4.69) is 4.18 Å². The van der Waals surface area contributed by atoms with Gasteiger partial charge in [0.2, 0.25) is 0 Å². The van der Waals surface area contributed by atoms with Gasteiger partial charge in [-0.1, -0.05) is 16.0 Å². The summed E-state index contributed by atoms with van der Waals surface area (Å²) < 4.78 is 38.0. The minimum Gasteiger partial charge on any atom is -0.368 e. The summed E-state index contributed by atoms with van der Waals surface area (Å²) >= 11 is 0. The predicted octanol–water partition coefficient (Wildman–Crippen LogP) is 2.85. The monoisotopic (exact) mass is 339 g/mol. The Morgan fingerprint density at radius 2 is 1.72 bits per heavy atom. The second kappa shape index (κ2) is 6.38. The van der Waals surface area contributed by atoms with Crippen LogP contribution in [0.25, 0.3) is 0 Å². The molecule has 0 N–H and O–H groups in total. The van der Waals surface area contributed by atoms with E-state index in [9.17, 15) is 12.3 Å². The lowest BCUT2D eigenvalue weighted by atomic mass is 10.1. The molecule has 0 aromatic heterocycles. The van der Waals surface area contributed by atoms with E-state index in [-0.39, 0.29) is 22.7 Å². The molecule has 0 radical (unpaired) electrons. The number of rotatable bonds is 3. The summed E-state index contributed by atoms with van der Waals surface area (Å²) in [6.07, 6.45) is 3.27. The fraction of sp³-hybridized carbons (Fsp3) is 0.455. The highest BCUT2D eigenvalue weighted by atomic mass is 79.9. The zero-order chi connectivity index (χ0) is 12.3. The first kappa shape index (κ1) is 15.2. The smallest absolute Gasteiger partial charge is 0.368 e. The molecule has 0 atom stereocenters. The number of halogens is 2. The molecule has 1 heterocycles. The Labute approximate surface area is 117 Å². The van der Waals surface area contributed by atoms with E-state index in [0.717, 1.165) is 25.9 Å². The molecule has 0 spiro atoms. The SMILES string of the molecule is Br.O=S(=O)(F)Oc1ccccc1N1CCCCC1. The van der Waals surface area contributed by atoms with E-state index >= 15 is 0 Å². The molecule has 0 bridgehead atoms. The van der Waals surface area contributed by atoms with E-state index < -0.39 is 10.5 Å². The summed E-state index contributed by atoms with van der Waals surface area (Å²) in [5.74, 6) is 0.0527. The van der Waals surface area contributed by atoms with Crippen LogP contribution in [0, 0.1) is 0 Å². The number of hydrogen-bond acceptors (Lipinski definition) is 4. The van der Waals surface area contributed by atoms with Crippen LogP contribution in [0.5, 0.6) is 5.75 Å². The van der Waals surface area contributed by atoms with Crippen LogP contribution in [0.15, 0.2) is 24.3 Å². The third-order valence-corrected chi connectivity index (χ3v) is 3.13. The first-order valence-corrected chi connectivity index (χ1v) is 6.85. The zero-order valence-electron chi connectivity index (χ0n) is 9.71. The lowest BCUT2D eigenvalue weighted by molar-refractivity contribution is 0.439. The maximum atomic E-state index is 12.6. The van der Waals surface area contributed by atoms with E-state index in [4.69, 9.17) is 0 Å². The van der Waals surface area contributed by atoms with Gasteiger partial charge in [0.25, 0.3) is 0 Å². The fourth-order valence-corrected chi connectivity index (χ4v) is 2.39. The number of nitrogens with zero attached hydrogens (tertiary/aromatic N) is 1. The molecule has 1 aliphatic rings. The van der Waals surface area contributed by atoms with Crippen molar-refractivity contribution < 1.29 is 16.5 Å². The molecule has 7 heteroatoms. The quantitative estimate of drug-likeness (QED) is 0.794. The second-order valence-electron chi connectivity index (χ2n) is 3.99. The molecule has 0 unspecified atom stereocenters. The summed E-state index contributed by atoms with van der Waals surface area (Å²) in [6.45, 7) is 1.68. The van der Waals surface area contributed by atoms with Gasteiger partial charge in [0.1, 0.15) is 0 Å². The molecule has 1 saturated heterocycles. The number of piperidine rings is 1. The third kappa shape index (κ3) is 4.13. The van der Waals surface area contributed by atoms with Crippen molar-refractivity contribution in [3.8, 4) is 5.75 Å².